The third kappa shape index (κ3) is 5.03. The van der Waals surface area contributed by atoms with Gasteiger partial charge in [0.2, 0.25) is 5.75 Å². The Balaban J connectivity index is 2.10. The standard InChI is InChI=1S/C23H32O5/c1-15(2)18-13-21(26-6)23(22(14-18)27-7)28-11-10-16(3)17-8-9-19(24-4)20(12-17)25-5/h8-9,12-16H,10-11H2,1-7H3. The lowest BCUT2D eigenvalue weighted by atomic mass is 9.98. The predicted octanol–water partition coefficient (Wildman–Crippen LogP) is 5.42. The van der Waals surface area contributed by atoms with E-state index in [1.54, 1.807) is 28.4 Å². The average Bonchev–Trinajstić information content (AvgIpc) is 2.72. The van der Waals surface area contributed by atoms with E-state index in [0.29, 0.717) is 35.7 Å². The van der Waals surface area contributed by atoms with Gasteiger partial charge in [0.1, 0.15) is 0 Å². The van der Waals surface area contributed by atoms with Crippen LogP contribution in [-0.2, 0) is 0 Å². The molecule has 0 spiro atoms. The van der Waals surface area contributed by atoms with Gasteiger partial charge in [-0.3, -0.25) is 0 Å². The van der Waals surface area contributed by atoms with Gasteiger partial charge in [0.05, 0.1) is 35.0 Å². The molecule has 0 heterocycles. The second-order valence-electron chi connectivity index (χ2n) is 7.06. The Kier molecular flexibility index (Phi) is 7.85. The molecule has 0 radical (unpaired) electrons. The molecule has 0 bridgehead atoms. The normalized spacial score (nSPS) is 11.9. The second kappa shape index (κ2) is 10.1. The molecule has 0 aliphatic carbocycles. The number of ether oxygens (including phenoxy) is 5. The molecule has 2 aromatic rings. The van der Waals surface area contributed by atoms with Crippen LogP contribution in [0.5, 0.6) is 28.7 Å². The Hall–Kier alpha value is -2.56. The predicted molar refractivity (Wildman–Crippen MR) is 112 cm³/mol. The Bertz CT molecular complexity index is 745. The van der Waals surface area contributed by atoms with Gasteiger partial charge < -0.3 is 23.7 Å². The van der Waals surface area contributed by atoms with Crippen molar-refractivity contribution in [2.75, 3.05) is 35.0 Å². The van der Waals surface area contributed by atoms with Gasteiger partial charge in [0, 0.05) is 0 Å². The number of hydrogen-bond acceptors (Lipinski definition) is 5. The van der Waals surface area contributed by atoms with Gasteiger partial charge in [-0.05, 0) is 53.6 Å². The molecule has 0 aliphatic heterocycles. The Morgan fingerprint density at radius 3 is 1.71 bits per heavy atom. The summed E-state index contributed by atoms with van der Waals surface area (Å²) in [5.41, 5.74) is 2.33. The lowest BCUT2D eigenvalue weighted by Crippen LogP contribution is -2.06. The molecule has 154 valence electrons. The molecular weight excluding hydrogens is 356 g/mol. The molecular formula is C23H32O5. The van der Waals surface area contributed by atoms with Crippen LogP contribution in [0.4, 0.5) is 0 Å². The minimum Gasteiger partial charge on any atom is -0.493 e. The van der Waals surface area contributed by atoms with Crippen molar-refractivity contribution in [2.24, 2.45) is 0 Å². The van der Waals surface area contributed by atoms with E-state index in [0.717, 1.165) is 23.5 Å². The van der Waals surface area contributed by atoms with Crippen molar-refractivity contribution in [2.45, 2.75) is 39.0 Å². The van der Waals surface area contributed by atoms with Crippen LogP contribution < -0.4 is 23.7 Å². The fraction of sp³-hybridized carbons (Fsp3) is 0.478. The highest BCUT2D eigenvalue weighted by Crippen LogP contribution is 2.40. The lowest BCUT2D eigenvalue weighted by molar-refractivity contribution is 0.264. The average molecular weight is 389 g/mol. The van der Waals surface area contributed by atoms with Crippen LogP contribution in [0.3, 0.4) is 0 Å². The number of rotatable bonds is 10. The molecule has 28 heavy (non-hydrogen) atoms. The maximum Gasteiger partial charge on any atom is 0.203 e. The summed E-state index contributed by atoms with van der Waals surface area (Å²) in [6.45, 7) is 6.99. The topological polar surface area (TPSA) is 46.2 Å². The molecule has 0 N–H and O–H groups in total. The molecule has 0 amide bonds. The fourth-order valence-corrected chi connectivity index (χ4v) is 3.04. The van der Waals surface area contributed by atoms with Crippen LogP contribution in [0.1, 0.15) is 50.2 Å². The van der Waals surface area contributed by atoms with Crippen molar-refractivity contribution >= 4 is 0 Å². The molecule has 0 aromatic heterocycles. The van der Waals surface area contributed by atoms with Crippen LogP contribution >= 0.6 is 0 Å². The van der Waals surface area contributed by atoms with Gasteiger partial charge in [0.25, 0.3) is 0 Å². The first kappa shape index (κ1) is 21.7. The molecule has 2 rings (SSSR count). The zero-order valence-corrected chi connectivity index (χ0v) is 18.0. The molecule has 0 saturated heterocycles. The smallest absolute Gasteiger partial charge is 0.203 e. The Labute approximate surface area is 168 Å². The van der Waals surface area contributed by atoms with Gasteiger partial charge in [0.15, 0.2) is 23.0 Å². The SMILES string of the molecule is COc1ccc(C(C)CCOc2c(OC)cc(C(C)C)cc2OC)cc1OC. The van der Waals surface area contributed by atoms with Crippen LogP contribution in [-0.4, -0.2) is 35.0 Å². The molecule has 0 saturated carbocycles. The number of benzene rings is 2. The van der Waals surface area contributed by atoms with Gasteiger partial charge in [-0.1, -0.05) is 26.8 Å². The molecule has 5 nitrogen and oxygen atoms in total. The quantitative estimate of drug-likeness (QED) is 0.544. The summed E-state index contributed by atoms with van der Waals surface area (Å²) < 4.78 is 27.9. The van der Waals surface area contributed by atoms with Crippen molar-refractivity contribution < 1.29 is 23.7 Å². The van der Waals surface area contributed by atoms with E-state index in [-0.39, 0.29) is 0 Å². The summed E-state index contributed by atoms with van der Waals surface area (Å²) in [6.07, 6.45) is 0.841. The van der Waals surface area contributed by atoms with E-state index >= 15 is 0 Å². The monoisotopic (exact) mass is 388 g/mol. The van der Waals surface area contributed by atoms with E-state index in [1.165, 1.54) is 5.56 Å². The van der Waals surface area contributed by atoms with Crippen LogP contribution in [0.2, 0.25) is 0 Å². The zero-order chi connectivity index (χ0) is 20.7. The minimum absolute atomic E-state index is 0.298. The first-order valence-electron chi connectivity index (χ1n) is 9.55. The summed E-state index contributed by atoms with van der Waals surface area (Å²) >= 11 is 0. The van der Waals surface area contributed by atoms with Crippen LogP contribution in [0, 0.1) is 0 Å². The fourth-order valence-electron chi connectivity index (χ4n) is 3.04. The van der Waals surface area contributed by atoms with Crippen LogP contribution in [0.25, 0.3) is 0 Å². The number of hydrogen-bond donors (Lipinski definition) is 0. The number of methoxy groups -OCH3 is 4. The van der Waals surface area contributed by atoms with Crippen molar-refractivity contribution in [3.05, 3.63) is 41.5 Å². The lowest BCUT2D eigenvalue weighted by Gasteiger charge is -2.19. The molecule has 0 aliphatic rings. The minimum atomic E-state index is 0.298. The molecule has 5 heteroatoms. The summed E-state index contributed by atoms with van der Waals surface area (Å²) in [7, 11) is 6.59. The summed E-state index contributed by atoms with van der Waals surface area (Å²) in [4.78, 5) is 0. The van der Waals surface area contributed by atoms with Crippen LogP contribution in [0.15, 0.2) is 30.3 Å². The maximum absolute atomic E-state index is 6.07. The summed E-state index contributed by atoms with van der Waals surface area (Å²) in [6, 6.07) is 10.0. The summed E-state index contributed by atoms with van der Waals surface area (Å²) in [5.74, 6) is 4.18. The highest BCUT2D eigenvalue weighted by molar-refractivity contribution is 5.54. The largest absolute Gasteiger partial charge is 0.493 e. The summed E-state index contributed by atoms with van der Waals surface area (Å²) in [5, 5.41) is 0. The highest BCUT2D eigenvalue weighted by Gasteiger charge is 2.17. The third-order valence-corrected chi connectivity index (χ3v) is 4.92. The van der Waals surface area contributed by atoms with Gasteiger partial charge in [-0.15, -0.1) is 0 Å². The molecule has 1 atom stereocenters. The first-order chi connectivity index (χ1) is 13.4. The Morgan fingerprint density at radius 2 is 1.21 bits per heavy atom. The van der Waals surface area contributed by atoms with Crippen molar-refractivity contribution in [3.8, 4) is 28.7 Å². The van der Waals surface area contributed by atoms with Crippen molar-refractivity contribution in [1.29, 1.82) is 0 Å². The first-order valence-corrected chi connectivity index (χ1v) is 9.55. The van der Waals surface area contributed by atoms with Gasteiger partial charge >= 0.3 is 0 Å². The van der Waals surface area contributed by atoms with E-state index in [9.17, 15) is 0 Å². The van der Waals surface area contributed by atoms with E-state index < -0.39 is 0 Å². The molecule has 0 fully saturated rings. The van der Waals surface area contributed by atoms with Crippen molar-refractivity contribution in [3.63, 3.8) is 0 Å². The zero-order valence-electron chi connectivity index (χ0n) is 18.0. The second-order valence-corrected chi connectivity index (χ2v) is 7.06. The Morgan fingerprint density at radius 1 is 0.679 bits per heavy atom. The van der Waals surface area contributed by atoms with Gasteiger partial charge in [-0.2, -0.15) is 0 Å². The van der Waals surface area contributed by atoms with E-state index in [4.69, 9.17) is 23.7 Å². The maximum atomic E-state index is 6.07. The molecule has 2 aromatic carbocycles. The van der Waals surface area contributed by atoms with E-state index in [2.05, 4.69) is 26.8 Å². The van der Waals surface area contributed by atoms with Crippen molar-refractivity contribution in [1.82, 2.24) is 0 Å². The third-order valence-electron chi connectivity index (χ3n) is 4.92. The van der Waals surface area contributed by atoms with E-state index in [1.807, 2.05) is 24.3 Å². The van der Waals surface area contributed by atoms with Gasteiger partial charge in [-0.25, -0.2) is 0 Å². The molecule has 1 unspecified atom stereocenters. The highest BCUT2D eigenvalue weighted by atomic mass is 16.5.